The van der Waals surface area contributed by atoms with E-state index < -0.39 is 11.5 Å². The number of carbonyl (C=O) groups excluding carboxylic acids is 1. The van der Waals surface area contributed by atoms with E-state index in [-0.39, 0.29) is 22.7 Å². The first-order valence-corrected chi connectivity index (χ1v) is 7.89. The van der Waals surface area contributed by atoms with Gasteiger partial charge in [-0.3, -0.25) is 4.79 Å². The Balaban J connectivity index is 1.95. The molecule has 2 aromatic heterocycles. The summed E-state index contributed by atoms with van der Waals surface area (Å²) in [5.41, 5.74) is 6.25. The molecule has 0 aliphatic carbocycles. The smallest absolute Gasteiger partial charge is 0.362 e. The zero-order valence-corrected chi connectivity index (χ0v) is 13.5. The number of nitrogens with two attached hydrogens (primary N) is 1. The third-order valence-corrected chi connectivity index (χ3v) is 4.07. The Bertz CT molecular complexity index is 958. The number of methoxy groups -OCH3 is 1. The van der Waals surface area contributed by atoms with Crippen molar-refractivity contribution >= 4 is 34.7 Å². The second kappa shape index (κ2) is 6.67. The van der Waals surface area contributed by atoms with E-state index in [1.165, 1.54) is 11.8 Å². The molecule has 0 saturated heterocycles. The number of hydrogen-bond acceptors (Lipinski definition) is 8. The molecule has 0 aliphatic heterocycles. The Morgan fingerprint density at radius 2 is 2.00 bits per heavy atom. The van der Waals surface area contributed by atoms with Gasteiger partial charge in [0.05, 0.1) is 7.11 Å². The SMILES string of the molecule is COC(=O)c1nc2c(N)nc(SCc3ccccc3)nc2[nH]c1=O. The Kier molecular flexibility index (Phi) is 4.43. The molecule has 0 radical (unpaired) electrons. The number of ether oxygens (including phenoxy) is 1. The number of hydrogen-bond donors (Lipinski definition) is 2. The van der Waals surface area contributed by atoms with Crippen molar-refractivity contribution < 1.29 is 9.53 Å². The maximum Gasteiger partial charge on any atom is 0.362 e. The lowest BCUT2D eigenvalue weighted by Crippen LogP contribution is -2.22. The summed E-state index contributed by atoms with van der Waals surface area (Å²) in [5, 5.41) is 0.409. The molecule has 3 rings (SSSR count). The van der Waals surface area contributed by atoms with E-state index in [9.17, 15) is 9.59 Å². The zero-order chi connectivity index (χ0) is 17.1. The van der Waals surface area contributed by atoms with E-state index in [0.29, 0.717) is 10.9 Å². The minimum atomic E-state index is -0.847. The van der Waals surface area contributed by atoms with E-state index in [1.807, 2.05) is 30.3 Å². The maximum atomic E-state index is 11.9. The first kappa shape index (κ1) is 15.9. The maximum absolute atomic E-state index is 11.9. The van der Waals surface area contributed by atoms with Crippen LogP contribution in [0.25, 0.3) is 11.2 Å². The van der Waals surface area contributed by atoms with Crippen molar-refractivity contribution in [2.75, 3.05) is 12.8 Å². The fourth-order valence-corrected chi connectivity index (χ4v) is 2.81. The monoisotopic (exact) mass is 343 g/mol. The molecule has 2 heterocycles. The third kappa shape index (κ3) is 3.20. The van der Waals surface area contributed by atoms with Crippen molar-refractivity contribution in [3.8, 4) is 0 Å². The Morgan fingerprint density at radius 1 is 1.25 bits per heavy atom. The van der Waals surface area contributed by atoms with Crippen LogP contribution in [0.3, 0.4) is 0 Å². The van der Waals surface area contributed by atoms with Crippen molar-refractivity contribution in [1.29, 1.82) is 0 Å². The highest BCUT2D eigenvalue weighted by Gasteiger charge is 2.17. The van der Waals surface area contributed by atoms with Crippen LogP contribution in [0.1, 0.15) is 16.1 Å². The topological polar surface area (TPSA) is 124 Å². The first-order chi connectivity index (χ1) is 11.6. The zero-order valence-electron chi connectivity index (χ0n) is 12.6. The number of nitrogens with zero attached hydrogens (tertiary/aromatic N) is 3. The third-order valence-electron chi connectivity index (χ3n) is 3.15. The second-order valence-corrected chi connectivity index (χ2v) is 5.71. The lowest BCUT2D eigenvalue weighted by atomic mass is 10.2. The summed E-state index contributed by atoms with van der Waals surface area (Å²) in [6, 6.07) is 9.81. The van der Waals surface area contributed by atoms with Gasteiger partial charge >= 0.3 is 5.97 Å². The van der Waals surface area contributed by atoms with Crippen LogP contribution < -0.4 is 11.3 Å². The van der Waals surface area contributed by atoms with Gasteiger partial charge in [-0.1, -0.05) is 42.1 Å². The lowest BCUT2D eigenvalue weighted by molar-refractivity contribution is 0.0592. The Hall–Kier alpha value is -2.94. The fraction of sp³-hybridized carbons (Fsp3) is 0.133. The Morgan fingerprint density at radius 3 is 2.71 bits per heavy atom. The molecule has 1 aromatic carbocycles. The summed E-state index contributed by atoms with van der Waals surface area (Å²) in [6.07, 6.45) is 0. The summed E-state index contributed by atoms with van der Waals surface area (Å²) in [5.74, 6) is -0.110. The van der Waals surface area contributed by atoms with E-state index in [2.05, 4.69) is 24.7 Å². The molecule has 24 heavy (non-hydrogen) atoms. The summed E-state index contributed by atoms with van der Waals surface area (Å²) in [6.45, 7) is 0. The van der Waals surface area contributed by atoms with Crippen molar-refractivity contribution in [2.45, 2.75) is 10.9 Å². The molecule has 0 saturated carbocycles. The average molecular weight is 343 g/mol. The highest BCUT2D eigenvalue weighted by atomic mass is 32.2. The number of benzene rings is 1. The number of nitrogen functional groups attached to an aromatic ring is 1. The number of thioether (sulfide) groups is 1. The van der Waals surface area contributed by atoms with Crippen molar-refractivity contribution in [1.82, 2.24) is 19.9 Å². The van der Waals surface area contributed by atoms with Crippen molar-refractivity contribution in [3.05, 3.63) is 51.9 Å². The molecule has 0 atom stereocenters. The van der Waals surface area contributed by atoms with Crippen molar-refractivity contribution in [2.24, 2.45) is 0 Å². The van der Waals surface area contributed by atoms with Crippen molar-refractivity contribution in [3.63, 3.8) is 0 Å². The predicted molar refractivity (Wildman–Crippen MR) is 89.7 cm³/mol. The van der Waals surface area contributed by atoms with Crippen LogP contribution in [0.15, 0.2) is 40.3 Å². The van der Waals surface area contributed by atoms with E-state index >= 15 is 0 Å². The number of fused-ring (bicyclic) bond motifs is 1. The van der Waals surface area contributed by atoms with Gasteiger partial charge in [-0.15, -0.1) is 0 Å². The van der Waals surface area contributed by atoms with Crippen LogP contribution in [0, 0.1) is 0 Å². The van der Waals surface area contributed by atoms with Crippen LogP contribution in [-0.4, -0.2) is 33.0 Å². The second-order valence-electron chi connectivity index (χ2n) is 4.77. The van der Waals surface area contributed by atoms with Gasteiger partial charge in [0.1, 0.15) is 5.52 Å². The molecule has 0 fully saturated rings. The molecule has 0 bridgehead atoms. The highest BCUT2D eigenvalue weighted by Crippen LogP contribution is 2.22. The van der Waals surface area contributed by atoms with Crippen LogP contribution in [0.2, 0.25) is 0 Å². The summed E-state index contributed by atoms with van der Waals surface area (Å²) in [4.78, 5) is 38.3. The van der Waals surface area contributed by atoms with Gasteiger partial charge in [0.25, 0.3) is 5.56 Å². The predicted octanol–water partition coefficient (Wildman–Crippen LogP) is 1.37. The van der Waals surface area contributed by atoms with E-state index in [4.69, 9.17) is 5.73 Å². The number of aromatic amines is 1. The molecular formula is C15H13N5O3S. The van der Waals surface area contributed by atoms with Crippen LogP contribution in [0.5, 0.6) is 0 Å². The number of esters is 1. The van der Waals surface area contributed by atoms with E-state index in [1.54, 1.807) is 0 Å². The van der Waals surface area contributed by atoms with Crippen LogP contribution in [-0.2, 0) is 10.5 Å². The normalized spacial score (nSPS) is 10.7. The van der Waals surface area contributed by atoms with Gasteiger partial charge in [-0.2, -0.15) is 0 Å². The largest absolute Gasteiger partial charge is 0.464 e. The molecular weight excluding hydrogens is 330 g/mol. The number of H-pyrrole nitrogens is 1. The van der Waals surface area contributed by atoms with Gasteiger partial charge in [0, 0.05) is 5.75 Å². The minimum absolute atomic E-state index is 0.0805. The van der Waals surface area contributed by atoms with Gasteiger partial charge < -0.3 is 15.5 Å². The minimum Gasteiger partial charge on any atom is -0.464 e. The van der Waals surface area contributed by atoms with Gasteiger partial charge in [-0.05, 0) is 5.56 Å². The number of nitrogens with one attached hydrogen (secondary N) is 1. The summed E-state index contributed by atoms with van der Waals surface area (Å²) >= 11 is 1.38. The quantitative estimate of drug-likeness (QED) is 0.413. The number of aromatic nitrogens is 4. The van der Waals surface area contributed by atoms with Gasteiger partial charge in [-0.25, -0.2) is 19.7 Å². The molecule has 0 amide bonds. The van der Waals surface area contributed by atoms with Crippen LogP contribution >= 0.6 is 11.8 Å². The fourth-order valence-electron chi connectivity index (χ4n) is 2.00. The molecule has 122 valence electrons. The molecule has 3 N–H and O–H groups in total. The molecule has 0 aliphatic rings. The summed E-state index contributed by atoms with van der Waals surface area (Å²) in [7, 11) is 1.16. The van der Waals surface area contributed by atoms with Gasteiger partial charge in [0.2, 0.25) is 5.69 Å². The molecule has 0 unspecified atom stereocenters. The van der Waals surface area contributed by atoms with E-state index in [0.717, 1.165) is 12.7 Å². The average Bonchev–Trinajstić information content (AvgIpc) is 2.59. The van der Waals surface area contributed by atoms with Crippen LogP contribution in [0.4, 0.5) is 5.82 Å². The number of rotatable bonds is 4. The Labute approximate surface area is 140 Å². The number of carbonyl (C=O) groups is 1. The number of anilines is 1. The molecule has 0 spiro atoms. The highest BCUT2D eigenvalue weighted by molar-refractivity contribution is 7.98. The van der Waals surface area contributed by atoms with Gasteiger partial charge in [0.15, 0.2) is 16.6 Å². The molecule has 9 heteroatoms. The molecule has 8 nitrogen and oxygen atoms in total. The summed E-state index contributed by atoms with van der Waals surface area (Å²) < 4.78 is 4.51. The lowest BCUT2D eigenvalue weighted by Gasteiger charge is -2.05. The first-order valence-electron chi connectivity index (χ1n) is 6.91. The molecule has 3 aromatic rings. The standard InChI is InChI=1S/C15H13N5O3S/c1-23-14(22)10-13(21)19-12-9(17-10)11(16)18-15(20-12)24-7-8-5-3-2-4-6-8/h2-6H,7H2,1H3,(H3,16,18,19,20,21).